The Morgan fingerprint density at radius 2 is 2.05 bits per heavy atom. The van der Waals surface area contributed by atoms with Crippen molar-refractivity contribution in [3.05, 3.63) is 30.5 Å². The van der Waals surface area contributed by atoms with E-state index >= 15 is 0 Å². The number of piperazine rings is 1. The van der Waals surface area contributed by atoms with Crippen LogP contribution in [0.3, 0.4) is 0 Å². The first-order valence-corrected chi connectivity index (χ1v) is 7.45. The fourth-order valence-corrected chi connectivity index (χ4v) is 3.69. The number of fused-ring (bicyclic) bond motifs is 2. The lowest BCUT2D eigenvalue weighted by Crippen LogP contribution is -2.50. The lowest BCUT2D eigenvalue weighted by Gasteiger charge is -2.39. The number of benzene rings is 1. The first kappa shape index (κ1) is 12.0. The fourth-order valence-electron chi connectivity index (χ4n) is 3.69. The van der Waals surface area contributed by atoms with Gasteiger partial charge in [0.15, 0.2) is 0 Å². The molecule has 2 fully saturated rings. The molecule has 1 aromatic heterocycles. The molecule has 2 aliphatic heterocycles. The highest BCUT2D eigenvalue weighted by atomic mass is 15.3. The van der Waals surface area contributed by atoms with Gasteiger partial charge < -0.3 is 10.6 Å². The van der Waals surface area contributed by atoms with E-state index in [0.29, 0.717) is 6.04 Å². The SMILES string of the molecule is Nc1cnc2ccccc2c1N1CCN2CCCC2C1. The molecular formula is C16H20N4. The second kappa shape index (κ2) is 4.63. The van der Waals surface area contributed by atoms with E-state index in [1.165, 1.54) is 30.5 Å². The molecule has 1 aromatic carbocycles. The molecule has 0 bridgehead atoms. The maximum absolute atomic E-state index is 6.24. The van der Waals surface area contributed by atoms with Gasteiger partial charge >= 0.3 is 0 Å². The van der Waals surface area contributed by atoms with Crippen LogP contribution in [0.2, 0.25) is 0 Å². The topological polar surface area (TPSA) is 45.4 Å². The lowest BCUT2D eigenvalue weighted by atomic mass is 10.1. The summed E-state index contributed by atoms with van der Waals surface area (Å²) >= 11 is 0. The van der Waals surface area contributed by atoms with Crippen molar-refractivity contribution in [3.63, 3.8) is 0 Å². The number of anilines is 2. The molecule has 2 aliphatic rings. The van der Waals surface area contributed by atoms with Crippen molar-refractivity contribution in [1.82, 2.24) is 9.88 Å². The molecule has 0 saturated carbocycles. The molecule has 4 nitrogen and oxygen atoms in total. The van der Waals surface area contributed by atoms with Crippen molar-refractivity contribution in [2.75, 3.05) is 36.8 Å². The molecule has 104 valence electrons. The third-order valence-electron chi connectivity index (χ3n) is 4.68. The van der Waals surface area contributed by atoms with Crippen molar-refractivity contribution in [3.8, 4) is 0 Å². The minimum absolute atomic E-state index is 0.704. The number of aromatic nitrogens is 1. The molecule has 4 heteroatoms. The van der Waals surface area contributed by atoms with Crippen LogP contribution < -0.4 is 10.6 Å². The number of hydrogen-bond donors (Lipinski definition) is 1. The monoisotopic (exact) mass is 268 g/mol. The van der Waals surface area contributed by atoms with E-state index in [4.69, 9.17) is 5.73 Å². The van der Waals surface area contributed by atoms with Crippen molar-refractivity contribution in [2.24, 2.45) is 0 Å². The molecule has 4 rings (SSSR count). The van der Waals surface area contributed by atoms with Gasteiger partial charge in [-0.05, 0) is 25.5 Å². The second-order valence-corrected chi connectivity index (χ2v) is 5.86. The zero-order valence-electron chi connectivity index (χ0n) is 11.6. The van der Waals surface area contributed by atoms with Gasteiger partial charge in [-0.3, -0.25) is 9.88 Å². The van der Waals surface area contributed by atoms with Gasteiger partial charge in [-0.1, -0.05) is 18.2 Å². The van der Waals surface area contributed by atoms with Crippen LogP contribution in [0.15, 0.2) is 30.5 Å². The Morgan fingerprint density at radius 1 is 1.15 bits per heavy atom. The smallest absolute Gasteiger partial charge is 0.0745 e. The third kappa shape index (κ3) is 1.83. The Bertz CT molecular complexity index is 639. The van der Waals surface area contributed by atoms with Crippen molar-refractivity contribution in [1.29, 1.82) is 0 Å². The number of para-hydroxylation sites is 1. The normalized spacial score (nSPS) is 23.2. The first-order chi connectivity index (χ1) is 9.83. The minimum atomic E-state index is 0.704. The molecule has 3 heterocycles. The summed E-state index contributed by atoms with van der Waals surface area (Å²) in [5.74, 6) is 0. The number of rotatable bonds is 1. The van der Waals surface area contributed by atoms with Crippen LogP contribution in [-0.2, 0) is 0 Å². The van der Waals surface area contributed by atoms with Crippen LogP contribution in [0.25, 0.3) is 10.9 Å². The second-order valence-electron chi connectivity index (χ2n) is 5.86. The van der Waals surface area contributed by atoms with E-state index < -0.39 is 0 Å². The van der Waals surface area contributed by atoms with E-state index in [1.54, 1.807) is 6.20 Å². The highest BCUT2D eigenvalue weighted by Gasteiger charge is 2.31. The molecule has 0 amide bonds. The van der Waals surface area contributed by atoms with Crippen LogP contribution >= 0.6 is 0 Å². The van der Waals surface area contributed by atoms with E-state index in [-0.39, 0.29) is 0 Å². The van der Waals surface area contributed by atoms with Crippen LogP contribution in [0, 0.1) is 0 Å². The third-order valence-corrected chi connectivity index (χ3v) is 4.68. The van der Waals surface area contributed by atoms with Gasteiger partial charge in [0.05, 0.1) is 23.1 Å². The zero-order chi connectivity index (χ0) is 13.5. The van der Waals surface area contributed by atoms with Crippen molar-refractivity contribution < 1.29 is 0 Å². The molecule has 0 radical (unpaired) electrons. The van der Waals surface area contributed by atoms with Gasteiger partial charge in [0.1, 0.15) is 0 Å². The fraction of sp³-hybridized carbons (Fsp3) is 0.438. The summed E-state index contributed by atoms with van der Waals surface area (Å²) in [7, 11) is 0. The summed E-state index contributed by atoms with van der Waals surface area (Å²) in [6.07, 6.45) is 4.46. The molecule has 20 heavy (non-hydrogen) atoms. The van der Waals surface area contributed by atoms with Gasteiger partial charge in [0.2, 0.25) is 0 Å². The van der Waals surface area contributed by atoms with E-state index in [1.807, 2.05) is 6.07 Å². The average molecular weight is 268 g/mol. The Kier molecular flexibility index (Phi) is 2.77. The number of pyridine rings is 1. The number of nitrogens with two attached hydrogens (primary N) is 1. The van der Waals surface area contributed by atoms with Gasteiger partial charge in [-0.15, -0.1) is 0 Å². The Balaban J connectivity index is 1.76. The van der Waals surface area contributed by atoms with Crippen molar-refractivity contribution in [2.45, 2.75) is 18.9 Å². The molecule has 0 aliphatic carbocycles. The van der Waals surface area contributed by atoms with Gasteiger partial charge in [-0.25, -0.2) is 0 Å². The lowest BCUT2D eigenvalue weighted by molar-refractivity contribution is 0.231. The Labute approximate surface area is 119 Å². The number of hydrogen-bond acceptors (Lipinski definition) is 4. The zero-order valence-corrected chi connectivity index (χ0v) is 11.6. The summed E-state index contributed by atoms with van der Waals surface area (Å²) < 4.78 is 0. The molecule has 1 atom stereocenters. The van der Waals surface area contributed by atoms with E-state index in [2.05, 4.69) is 33.0 Å². The molecule has 1 unspecified atom stereocenters. The maximum atomic E-state index is 6.24. The summed E-state index contributed by atoms with van der Waals surface area (Å²) in [4.78, 5) is 9.53. The summed E-state index contributed by atoms with van der Waals surface area (Å²) in [5.41, 5.74) is 9.25. The summed E-state index contributed by atoms with van der Waals surface area (Å²) in [5, 5.41) is 1.18. The van der Waals surface area contributed by atoms with Gasteiger partial charge in [0.25, 0.3) is 0 Å². The summed E-state index contributed by atoms with van der Waals surface area (Å²) in [6.45, 7) is 4.58. The van der Waals surface area contributed by atoms with Crippen LogP contribution in [-0.4, -0.2) is 42.1 Å². The predicted molar refractivity (Wildman–Crippen MR) is 83.0 cm³/mol. The molecule has 2 aromatic rings. The first-order valence-electron chi connectivity index (χ1n) is 7.45. The Hall–Kier alpha value is -1.81. The highest BCUT2D eigenvalue weighted by Crippen LogP contribution is 2.34. The average Bonchev–Trinajstić information content (AvgIpc) is 2.94. The largest absolute Gasteiger partial charge is 0.396 e. The van der Waals surface area contributed by atoms with Gasteiger partial charge in [-0.2, -0.15) is 0 Å². The van der Waals surface area contributed by atoms with E-state index in [0.717, 1.165) is 30.8 Å². The Morgan fingerprint density at radius 3 is 3.00 bits per heavy atom. The van der Waals surface area contributed by atoms with Crippen molar-refractivity contribution >= 4 is 22.3 Å². The number of nitrogen functional groups attached to an aromatic ring is 1. The standard InChI is InChI=1S/C16H20N4/c17-14-10-18-15-6-2-1-5-13(15)16(14)20-9-8-19-7-3-4-12(19)11-20/h1-2,5-6,10,12H,3-4,7-9,11,17H2. The minimum Gasteiger partial charge on any atom is -0.396 e. The van der Waals surface area contributed by atoms with Crippen LogP contribution in [0.1, 0.15) is 12.8 Å². The quantitative estimate of drug-likeness (QED) is 0.860. The molecule has 2 N–H and O–H groups in total. The number of nitrogens with zero attached hydrogens (tertiary/aromatic N) is 3. The van der Waals surface area contributed by atoms with Gasteiger partial charge in [0, 0.05) is 31.1 Å². The van der Waals surface area contributed by atoms with Crippen LogP contribution in [0.4, 0.5) is 11.4 Å². The molecule has 2 saturated heterocycles. The maximum Gasteiger partial charge on any atom is 0.0745 e. The molecule has 0 spiro atoms. The van der Waals surface area contributed by atoms with E-state index in [9.17, 15) is 0 Å². The molecular weight excluding hydrogens is 248 g/mol. The highest BCUT2D eigenvalue weighted by molar-refractivity contribution is 5.97. The van der Waals surface area contributed by atoms with Crippen LogP contribution in [0.5, 0.6) is 0 Å². The summed E-state index contributed by atoms with van der Waals surface area (Å²) in [6, 6.07) is 9.00. The predicted octanol–water partition coefficient (Wildman–Crippen LogP) is 2.10.